The first-order valence-electron chi connectivity index (χ1n) is 7.23. The maximum atomic E-state index is 8.79. The normalized spacial score (nSPS) is 15.6. The molecule has 0 spiro atoms. The molecule has 2 aromatic rings. The van der Waals surface area contributed by atoms with Gasteiger partial charge in [-0.25, -0.2) is 4.68 Å². The van der Waals surface area contributed by atoms with Gasteiger partial charge in [0.2, 0.25) is 5.88 Å². The van der Waals surface area contributed by atoms with Crippen molar-refractivity contribution in [1.29, 1.82) is 5.26 Å². The van der Waals surface area contributed by atoms with Crippen LogP contribution < -0.4 is 10.1 Å². The highest BCUT2D eigenvalue weighted by molar-refractivity contribution is 5.31. The van der Waals surface area contributed by atoms with Crippen molar-refractivity contribution in [2.45, 2.75) is 25.5 Å². The Bertz CT molecular complexity index is 620. The van der Waals surface area contributed by atoms with Gasteiger partial charge in [-0.05, 0) is 43.6 Å². The highest BCUT2D eigenvalue weighted by atomic mass is 16.5. The number of benzene rings is 1. The molecular weight excluding hydrogens is 264 g/mol. The van der Waals surface area contributed by atoms with E-state index in [1.165, 1.54) is 0 Å². The van der Waals surface area contributed by atoms with Crippen LogP contribution in [0.3, 0.4) is 0 Å². The van der Waals surface area contributed by atoms with Gasteiger partial charge in [-0.2, -0.15) is 10.4 Å². The molecule has 0 radical (unpaired) electrons. The number of rotatable bonds is 4. The van der Waals surface area contributed by atoms with Crippen molar-refractivity contribution in [3.05, 3.63) is 47.7 Å². The largest absolute Gasteiger partial charge is 0.473 e. The molecule has 5 heteroatoms. The first kappa shape index (κ1) is 13.7. The van der Waals surface area contributed by atoms with Gasteiger partial charge in [-0.1, -0.05) is 12.1 Å². The van der Waals surface area contributed by atoms with Crippen molar-refractivity contribution in [3.8, 4) is 11.9 Å². The Kier molecular flexibility index (Phi) is 4.17. The summed E-state index contributed by atoms with van der Waals surface area (Å²) in [5.74, 6) is 0.811. The predicted molar refractivity (Wildman–Crippen MR) is 78.9 cm³/mol. The van der Waals surface area contributed by atoms with Gasteiger partial charge < -0.3 is 10.1 Å². The lowest BCUT2D eigenvalue weighted by atomic mass is 10.1. The first-order chi connectivity index (χ1) is 10.4. The third-order valence-corrected chi connectivity index (χ3v) is 3.76. The molecule has 0 amide bonds. The lowest BCUT2D eigenvalue weighted by Crippen LogP contribution is -2.30. The maximum absolute atomic E-state index is 8.79. The van der Waals surface area contributed by atoms with E-state index in [0.29, 0.717) is 18.2 Å². The summed E-state index contributed by atoms with van der Waals surface area (Å²) in [5, 5.41) is 16.5. The van der Waals surface area contributed by atoms with Gasteiger partial charge in [0, 0.05) is 6.07 Å². The molecule has 1 fully saturated rings. The zero-order valence-corrected chi connectivity index (χ0v) is 11.8. The number of nitrogens with one attached hydrogen (secondary N) is 1. The molecule has 1 aliphatic rings. The van der Waals surface area contributed by atoms with Gasteiger partial charge in [0.15, 0.2) is 0 Å². The first-order valence-corrected chi connectivity index (χ1v) is 7.23. The van der Waals surface area contributed by atoms with Gasteiger partial charge in [0.1, 0.15) is 6.61 Å². The maximum Gasteiger partial charge on any atom is 0.212 e. The molecule has 0 atom stereocenters. The number of ether oxygens (including phenoxy) is 1. The van der Waals surface area contributed by atoms with Crippen LogP contribution in [0.25, 0.3) is 0 Å². The number of nitriles is 1. The Labute approximate surface area is 124 Å². The predicted octanol–water partition coefficient (Wildman–Crippen LogP) is 2.26. The molecule has 3 rings (SSSR count). The van der Waals surface area contributed by atoms with Crippen molar-refractivity contribution >= 4 is 0 Å². The zero-order valence-electron chi connectivity index (χ0n) is 11.8. The van der Waals surface area contributed by atoms with E-state index < -0.39 is 0 Å². The lowest BCUT2D eigenvalue weighted by molar-refractivity contribution is 0.242. The topological polar surface area (TPSA) is 62.9 Å². The molecule has 0 aliphatic carbocycles. The molecular formula is C16H18N4O. The summed E-state index contributed by atoms with van der Waals surface area (Å²) < 4.78 is 7.88. The van der Waals surface area contributed by atoms with E-state index >= 15 is 0 Å². The zero-order chi connectivity index (χ0) is 14.5. The van der Waals surface area contributed by atoms with Gasteiger partial charge >= 0.3 is 0 Å². The monoisotopic (exact) mass is 282 g/mol. The van der Waals surface area contributed by atoms with Crippen LogP contribution in [0.2, 0.25) is 0 Å². The van der Waals surface area contributed by atoms with E-state index in [4.69, 9.17) is 10.00 Å². The Morgan fingerprint density at radius 1 is 1.24 bits per heavy atom. The second kappa shape index (κ2) is 6.42. The second-order valence-corrected chi connectivity index (χ2v) is 5.19. The lowest BCUT2D eigenvalue weighted by Gasteiger charge is -2.24. The molecule has 5 nitrogen and oxygen atoms in total. The molecule has 1 N–H and O–H groups in total. The SMILES string of the molecule is N#Cc1ccc(COc2ccnn2C2CCNCC2)cc1. The van der Waals surface area contributed by atoms with E-state index in [9.17, 15) is 0 Å². The quantitative estimate of drug-likeness (QED) is 0.934. The van der Waals surface area contributed by atoms with E-state index in [0.717, 1.165) is 37.4 Å². The second-order valence-electron chi connectivity index (χ2n) is 5.19. The van der Waals surface area contributed by atoms with Crippen molar-refractivity contribution < 1.29 is 4.74 Å². The minimum atomic E-state index is 0.414. The van der Waals surface area contributed by atoms with Crippen LogP contribution in [0.15, 0.2) is 36.5 Å². The number of nitrogens with zero attached hydrogens (tertiary/aromatic N) is 3. The Morgan fingerprint density at radius 2 is 2.00 bits per heavy atom. The molecule has 21 heavy (non-hydrogen) atoms. The van der Waals surface area contributed by atoms with Gasteiger partial charge in [-0.3, -0.25) is 0 Å². The molecule has 0 saturated carbocycles. The summed E-state index contributed by atoms with van der Waals surface area (Å²) in [5.41, 5.74) is 1.71. The van der Waals surface area contributed by atoms with Crippen LogP contribution in [-0.4, -0.2) is 22.9 Å². The van der Waals surface area contributed by atoms with Crippen LogP contribution in [0.1, 0.15) is 30.0 Å². The third kappa shape index (κ3) is 3.23. The molecule has 0 bridgehead atoms. The summed E-state index contributed by atoms with van der Waals surface area (Å²) in [6.07, 6.45) is 3.94. The molecule has 2 heterocycles. The minimum absolute atomic E-state index is 0.414. The van der Waals surface area contributed by atoms with Crippen molar-refractivity contribution in [1.82, 2.24) is 15.1 Å². The fourth-order valence-electron chi connectivity index (χ4n) is 2.57. The molecule has 1 aromatic heterocycles. The van der Waals surface area contributed by atoms with Crippen LogP contribution in [0.4, 0.5) is 0 Å². The highest BCUT2D eigenvalue weighted by Gasteiger charge is 2.18. The van der Waals surface area contributed by atoms with Crippen molar-refractivity contribution in [2.24, 2.45) is 0 Å². The summed E-state index contributed by atoms with van der Waals surface area (Å²) in [7, 11) is 0. The molecule has 1 aromatic carbocycles. The van der Waals surface area contributed by atoms with Crippen LogP contribution in [0, 0.1) is 11.3 Å². The smallest absolute Gasteiger partial charge is 0.212 e. The molecule has 1 saturated heterocycles. The van der Waals surface area contributed by atoms with E-state index in [2.05, 4.69) is 16.5 Å². The number of piperidine rings is 1. The standard InChI is InChI=1S/C16H18N4O/c17-11-13-1-3-14(4-2-13)12-21-16-7-10-19-20(16)15-5-8-18-9-6-15/h1-4,7,10,15,18H,5-6,8-9,12H2. The average Bonchev–Trinajstić information content (AvgIpc) is 3.03. The summed E-state index contributed by atoms with van der Waals surface area (Å²) in [4.78, 5) is 0. The molecule has 108 valence electrons. The van der Waals surface area contributed by atoms with Crippen molar-refractivity contribution in [3.63, 3.8) is 0 Å². The minimum Gasteiger partial charge on any atom is -0.473 e. The number of hydrogen-bond acceptors (Lipinski definition) is 4. The van der Waals surface area contributed by atoms with Gasteiger partial charge in [-0.15, -0.1) is 0 Å². The Morgan fingerprint density at radius 3 is 2.71 bits per heavy atom. The van der Waals surface area contributed by atoms with Crippen molar-refractivity contribution in [2.75, 3.05) is 13.1 Å². The summed E-state index contributed by atoms with van der Waals surface area (Å²) in [6.45, 7) is 2.54. The fourth-order valence-corrected chi connectivity index (χ4v) is 2.57. The number of hydrogen-bond donors (Lipinski definition) is 1. The van der Waals surface area contributed by atoms with Gasteiger partial charge in [0.05, 0.1) is 23.9 Å². The van der Waals surface area contributed by atoms with Crippen LogP contribution in [0.5, 0.6) is 5.88 Å². The highest BCUT2D eigenvalue weighted by Crippen LogP contribution is 2.24. The van der Waals surface area contributed by atoms with Gasteiger partial charge in [0.25, 0.3) is 0 Å². The molecule has 0 unspecified atom stereocenters. The van der Waals surface area contributed by atoms with E-state index in [-0.39, 0.29) is 0 Å². The average molecular weight is 282 g/mol. The van der Waals surface area contributed by atoms with Crippen LogP contribution >= 0.6 is 0 Å². The summed E-state index contributed by atoms with van der Waals surface area (Å²) in [6, 6.07) is 11.9. The Balaban J connectivity index is 1.65. The van der Waals surface area contributed by atoms with E-state index in [1.54, 1.807) is 6.20 Å². The number of aromatic nitrogens is 2. The molecule has 1 aliphatic heterocycles. The Hall–Kier alpha value is -2.32. The third-order valence-electron chi connectivity index (χ3n) is 3.76. The summed E-state index contributed by atoms with van der Waals surface area (Å²) >= 11 is 0. The van der Waals surface area contributed by atoms with Crippen LogP contribution in [-0.2, 0) is 6.61 Å². The fraction of sp³-hybridized carbons (Fsp3) is 0.375. The van der Waals surface area contributed by atoms with E-state index in [1.807, 2.05) is 35.0 Å².